The van der Waals surface area contributed by atoms with Gasteiger partial charge in [-0.25, -0.2) is 17.5 Å². The molecule has 0 bridgehead atoms. The second-order valence-corrected chi connectivity index (χ2v) is 14.5. The van der Waals surface area contributed by atoms with Crippen LogP contribution in [0, 0.1) is 34.9 Å². The molecule has 2 aromatic carbocycles. The smallest absolute Gasteiger partial charge is 0.225 e. The van der Waals surface area contributed by atoms with Crippen molar-refractivity contribution in [2.75, 3.05) is 29.5 Å². The number of aromatic nitrogens is 2. The number of carbonyl (C=O) groups excluding carboxylic acids is 1. The van der Waals surface area contributed by atoms with E-state index < -0.39 is 15.4 Å². The Hall–Kier alpha value is -3.71. The molecular weight excluding hydrogens is 541 g/mol. The Morgan fingerprint density at radius 2 is 1.63 bits per heavy atom. The number of nitrogens with zero attached hydrogens (tertiary/aromatic N) is 4. The summed E-state index contributed by atoms with van der Waals surface area (Å²) in [6.45, 7) is 0.947. The fourth-order valence-electron chi connectivity index (χ4n) is 6.61. The lowest BCUT2D eigenvalue weighted by atomic mass is 9.75. The maximum atomic E-state index is 13.7. The van der Waals surface area contributed by atoms with Gasteiger partial charge in [0.05, 0.1) is 29.0 Å². The fourth-order valence-corrected chi connectivity index (χ4v) is 7.81. The van der Waals surface area contributed by atoms with Crippen LogP contribution in [0.4, 0.5) is 10.1 Å². The van der Waals surface area contributed by atoms with Crippen LogP contribution >= 0.6 is 0 Å². The summed E-state index contributed by atoms with van der Waals surface area (Å²) in [5.74, 6) is 0.695. The summed E-state index contributed by atoms with van der Waals surface area (Å²) < 4.78 is 39.2. The Balaban J connectivity index is 1.24. The van der Waals surface area contributed by atoms with E-state index in [1.807, 2.05) is 30.5 Å². The molecule has 1 amide bonds. The number of sulfone groups is 1. The van der Waals surface area contributed by atoms with Crippen LogP contribution < -0.4 is 10.2 Å². The predicted molar refractivity (Wildman–Crippen MR) is 153 cm³/mol. The van der Waals surface area contributed by atoms with Gasteiger partial charge in [0.25, 0.3) is 0 Å². The highest BCUT2D eigenvalue weighted by Crippen LogP contribution is 2.57. The van der Waals surface area contributed by atoms with Crippen molar-refractivity contribution in [2.24, 2.45) is 17.8 Å². The third-order valence-corrected chi connectivity index (χ3v) is 11.0. The lowest BCUT2D eigenvalue weighted by Crippen LogP contribution is -2.43. The van der Waals surface area contributed by atoms with Gasteiger partial charge in [-0.2, -0.15) is 10.4 Å². The standard InChI is InChI=1S/C31H32FN5O3S/c32-23-3-7-25(8-4-23)37-18-28(20-1-5-24(6-2-20)36-11-13-41(39,40)14-12-36)29(35-37)26-16-21-15-22(21)17-27(26)30(38)34-31(19-33)9-10-31/h1-8,18,21-22,26-27H,9-17H2,(H,34,38)/t21?,22?,26-,27-/m1/s1. The topological polar surface area (TPSA) is 108 Å². The quantitative estimate of drug-likeness (QED) is 0.473. The predicted octanol–water partition coefficient (Wildman–Crippen LogP) is 4.22. The monoisotopic (exact) mass is 573 g/mol. The first-order chi connectivity index (χ1) is 19.7. The van der Waals surface area contributed by atoms with Crippen molar-refractivity contribution in [3.05, 3.63) is 66.2 Å². The number of nitrogens with one attached hydrogen (secondary N) is 1. The average molecular weight is 574 g/mol. The van der Waals surface area contributed by atoms with Gasteiger partial charge in [0.15, 0.2) is 9.84 Å². The zero-order valence-electron chi connectivity index (χ0n) is 22.7. The van der Waals surface area contributed by atoms with Crippen molar-refractivity contribution in [2.45, 2.75) is 43.6 Å². The van der Waals surface area contributed by atoms with Gasteiger partial charge in [-0.3, -0.25) is 4.79 Å². The molecule has 0 radical (unpaired) electrons. The van der Waals surface area contributed by atoms with E-state index in [1.165, 1.54) is 12.1 Å². The molecule has 4 fully saturated rings. The molecule has 3 aromatic rings. The number of hydrogen-bond donors (Lipinski definition) is 1. The maximum Gasteiger partial charge on any atom is 0.225 e. The molecule has 41 heavy (non-hydrogen) atoms. The zero-order chi connectivity index (χ0) is 28.4. The van der Waals surface area contributed by atoms with Crippen molar-refractivity contribution < 1.29 is 17.6 Å². The van der Waals surface area contributed by atoms with Gasteiger partial charge in [-0.05, 0) is 85.9 Å². The Morgan fingerprint density at radius 3 is 2.29 bits per heavy atom. The van der Waals surface area contributed by atoms with E-state index in [-0.39, 0.29) is 35.1 Å². The van der Waals surface area contributed by atoms with Crippen LogP contribution in [-0.4, -0.2) is 54.2 Å². The molecule has 212 valence electrons. The van der Waals surface area contributed by atoms with Crippen molar-refractivity contribution in [3.8, 4) is 22.9 Å². The minimum Gasteiger partial charge on any atom is -0.369 e. The van der Waals surface area contributed by atoms with Gasteiger partial charge in [0.1, 0.15) is 11.4 Å². The van der Waals surface area contributed by atoms with E-state index in [9.17, 15) is 22.9 Å². The number of fused-ring (bicyclic) bond motifs is 1. The number of benzene rings is 2. The number of amides is 1. The summed E-state index contributed by atoms with van der Waals surface area (Å²) in [4.78, 5) is 15.7. The van der Waals surface area contributed by atoms with Crippen LogP contribution in [0.15, 0.2) is 54.7 Å². The zero-order valence-corrected chi connectivity index (χ0v) is 23.5. The van der Waals surface area contributed by atoms with Crippen LogP contribution in [0.1, 0.15) is 43.7 Å². The molecule has 1 saturated heterocycles. The summed E-state index contributed by atoms with van der Waals surface area (Å²) >= 11 is 0. The van der Waals surface area contributed by atoms with Crippen molar-refractivity contribution in [1.29, 1.82) is 5.26 Å². The van der Waals surface area contributed by atoms with Gasteiger partial charge >= 0.3 is 0 Å². The molecule has 2 unspecified atom stereocenters. The van der Waals surface area contributed by atoms with E-state index >= 15 is 0 Å². The minimum absolute atomic E-state index is 0.0583. The molecule has 2 heterocycles. The minimum atomic E-state index is -2.97. The molecule has 4 atom stereocenters. The van der Waals surface area contributed by atoms with Crippen LogP contribution in [0.5, 0.6) is 0 Å². The summed E-state index contributed by atoms with van der Waals surface area (Å²) in [7, 11) is -2.97. The number of rotatable bonds is 6. The second kappa shape index (κ2) is 9.69. The van der Waals surface area contributed by atoms with Gasteiger partial charge in [-0.15, -0.1) is 0 Å². The fraction of sp³-hybridized carbons (Fsp3) is 0.452. The molecule has 3 saturated carbocycles. The molecule has 0 spiro atoms. The first-order valence-corrected chi connectivity index (χ1v) is 16.2. The van der Waals surface area contributed by atoms with Crippen LogP contribution in [0.2, 0.25) is 0 Å². The number of hydrogen-bond acceptors (Lipinski definition) is 6. The Bertz CT molecular complexity index is 1630. The first kappa shape index (κ1) is 26.2. The molecule has 1 aromatic heterocycles. The number of carbonyl (C=O) groups is 1. The van der Waals surface area contributed by atoms with Gasteiger partial charge < -0.3 is 10.2 Å². The highest BCUT2D eigenvalue weighted by atomic mass is 32.2. The normalized spacial score (nSPS) is 27.4. The van der Waals surface area contributed by atoms with Crippen molar-refractivity contribution in [3.63, 3.8) is 0 Å². The molecule has 4 aliphatic rings. The Morgan fingerprint density at radius 1 is 0.976 bits per heavy atom. The average Bonchev–Trinajstić information content (AvgIpc) is 3.88. The lowest BCUT2D eigenvalue weighted by molar-refractivity contribution is -0.127. The molecule has 8 nitrogen and oxygen atoms in total. The summed E-state index contributed by atoms with van der Waals surface area (Å²) in [5, 5.41) is 17.7. The largest absolute Gasteiger partial charge is 0.369 e. The van der Waals surface area contributed by atoms with E-state index in [1.54, 1.807) is 16.8 Å². The Labute approximate surface area is 239 Å². The van der Waals surface area contributed by atoms with E-state index in [0.29, 0.717) is 37.8 Å². The van der Waals surface area contributed by atoms with E-state index in [4.69, 9.17) is 5.10 Å². The lowest BCUT2D eigenvalue weighted by Gasteiger charge is -2.31. The molecule has 1 aliphatic heterocycles. The summed E-state index contributed by atoms with van der Waals surface area (Å²) in [6.07, 6.45) is 6.13. The van der Waals surface area contributed by atoms with E-state index in [2.05, 4.69) is 16.3 Å². The second-order valence-electron chi connectivity index (χ2n) is 12.2. The highest BCUT2D eigenvalue weighted by Gasteiger charge is 2.52. The number of halogens is 1. The van der Waals surface area contributed by atoms with Crippen LogP contribution in [0.3, 0.4) is 0 Å². The van der Waals surface area contributed by atoms with Crippen LogP contribution in [0.25, 0.3) is 16.8 Å². The third-order valence-electron chi connectivity index (χ3n) is 9.40. The summed E-state index contributed by atoms with van der Waals surface area (Å²) in [5.41, 5.74) is 3.70. The summed E-state index contributed by atoms with van der Waals surface area (Å²) in [6, 6.07) is 16.6. The SMILES string of the molecule is N#CC1(NC(=O)[C@@H]2CC3CC3C[C@H]2c2nn(-c3ccc(F)cc3)cc2-c2ccc(N3CCS(=O)(=O)CC3)cc2)CC1. The number of nitriles is 1. The van der Waals surface area contributed by atoms with Gasteiger partial charge in [0, 0.05) is 42.4 Å². The highest BCUT2D eigenvalue weighted by molar-refractivity contribution is 7.91. The van der Waals surface area contributed by atoms with Gasteiger partial charge in [0.2, 0.25) is 5.91 Å². The Kier molecular flexibility index (Phi) is 6.19. The molecule has 7 rings (SSSR count). The van der Waals surface area contributed by atoms with E-state index in [0.717, 1.165) is 47.5 Å². The van der Waals surface area contributed by atoms with Crippen LogP contribution in [-0.2, 0) is 14.6 Å². The maximum absolute atomic E-state index is 13.7. The number of anilines is 1. The molecular formula is C31H32FN5O3S. The van der Waals surface area contributed by atoms with Crippen molar-refractivity contribution in [1.82, 2.24) is 15.1 Å². The third kappa shape index (κ3) is 5.12. The van der Waals surface area contributed by atoms with Crippen molar-refractivity contribution >= 4 is 21.4 Å². The van der Waals surface area contributed by atoms with Gasteiger partial charge in [-0.1, -0.05) is 12.1 Å². The first-order valence-electron chi connectivity index (χ1n) is 14.4. The molecule has 3 aliphatic carbocycles. The molecule has 1 N–H and O–H groups in total. The molecule has 10 heteroatoms.